The van der Waals surface area contributed by atoms with E-state index in [4.69, 9.17) is 14.9 Å². The predicted octanol–water partition coefficient (Wildman–Crippen LogP) is 3.11. The molecular weight excluding hydrogens is 272 g/mol. The van der Waals surface area contributed by atoms with E-state index >= 15 is 0 Å². The summed E-state index contributed by atoms with van der Waals surface area (Å²) in [4.78, 5) is 21.8. The number of carboxylic acids is 2. The highest BCUT2D eigenvalue weighted by Crippen LogP contribution is 2.29. The van der Waals surface area contributed by atoms with Crippen LogP contribution >= 0.6 is 0 Å². The van der Waals surface area contributed by atoms with E-state index in [1.165, 1.54) is 6.07 Å². The summed E-state index contributed by atoms with van der Waals surface area (Å²) in [6.45, 7) is 1.76. The van der Waals surface area contributed by atoms with Crippen LogP contribution in [-0.4, -0.2) is 22.2 Å². The lowest BCUT2D eigenvalue weighted by atomic mass is 10.1. The molecule has 5 nitrogen and oxygen atoms in total. The SMILES string of the molecule is Cc1cccc(C(=O)O)c1Oc1ccc(CC(=O)O)cc1. The van der Waals surface area contributed by atoms with E-state index in [0.717, 1.165) is 0 Å². The molecule has 0 aliphatic rings. The minimum absolute atomic E-state index is 0.0645. The van der Waals surface area contributed by atoms with Crippen molar-refractivity contribution in [3.05, 3.63) is 59.2 Å². The van der Waals surface area contributed by atoms with Crippen molar-refractivity contribution in [1.82, 2.24) is 0 Å². The van der Waals surface area contributed by atoms with Crippen molar-refractivity contribution in [2.75, 3.05) is 0 Å². The van der Waals surface area contributed by atoms with Gasteiger partial charge in [-0.25, -0.2) is 4.79 Å². The normalized spacial score (nSPS) is 10.1. The quantitative estimate of drug-likeness (QED) is 0.882. The molecule has 0 heterocycles. The molecule has 0 aromatic heterocycles. The fourth-order valence-electron chi connectivity index (χ4n) is 1.92. The molecule has 0 atom stereocenters. The predicted molar refractivity (Wildman–Crippen MR) is 76.0 cm³/mol. The van der Waals surface area contributed by atoms with Gasteiger partial charge in [-0.2, -0.15) is 0 Å². The number of carboxylic acid groups (broad SMARTS) is 2. The van der Waals surface area contributed by atoms with Gasteiger partial charge in [-0.1, -0.05) is 24.3 Å². The van der Waals surface area contributed by atoms with Gasteiger partial charge in [0, 0.05) is 0 Å². The molecule has 0 amide bonds. The van der Waals surface area contributed by atoms with Gasteiger partial charge < -0.3 is 14.9 Å². The van der Waals surface area contributed by atoms with E-state index in [-0.39, 0.29) is 17.7 Å². The molecule has 2 aromatic rings. The van der Waals surface area contributed by atoms with Crippen molar-refractivity contribution in [2.45, 2.75) is 13.3 Å². The molecule has 0 aliphatic heterocycles. The number of hydrogen-bond donors (Lipinski definition) is 2. The lowest BCUT2D eigenvalue weighted by molar-refractivity contribution is -0.136. The van der Waals surface area contributed by atoms with Gasteiger partial charge in [0.05, 0.1) is 6.42 Å². The first-order valence-corrected chi connectivity index (χ1v) is 6.29. The van der Waals surface area contributed by atoms with Gasteiger partial charge in [0.15, 0.2) is 0 Å². The molecule has 108 valence electrons. The largest absolute Gasteiger partial charge is 0.481 e. The average molecular weight is 286 g/mol. The Morgan fingerprint density at radius 1 is 1.05 bits per heavy atom. The lowest BCUT2D eigenvalue weighted by Crippen LogP contribution is -2.02. The summed E-state index contributed by atoms with van der Waals surface area (Å²) in [5.41, 5.74) is 1.45. The van der Waals surface area contributed by atoms with Crippen LogP contribution in [0.5, 0.6) is 11.5 Å². The van der Waals surface area contributed by atoms with Crippen molar-refractivity contribution in [3.63, 3.8) is 0 Å². The number of hydrogen-bond acceptors (Lipinski definition) is 3. The Kier molecular flexibility index (Phi) is 4.23. The number of rotatable bonds is 5. The fraction of sp³-hybridized carbons (Fsp3) is 0.125. The van der Waals surface area contributed by atoms with E-state index < -0.39 is 11.9 Å². The zero-order chi connectivity index (χ0) is 15.4. The Balaban J connectivity index is 2.26. The second kappa shape index (κ2) is 6.09. The van der Waals surface area contributed by atoms with Crippen LogP contribution in [0.3, 0.4) is 0 Å². The third kappa shape index (κ3) is 3.60. The van der Waals surface area contributed by atoms with E-state index in [9.17, 15) is 9.59 Å². The standard InChI is InChI=1S/C16H14O5/c1-10-3-2-4-13(16(19)20)15(10)21-12-7-5-11(6-8-12)9-14(17)18/h2-8H,9H2,1H3,(H,17,18)(H,19,20). The highest BCUT2D eigenvalue weighted by molar-refractivity contribution is 5.91. The molecule has 0 aliphatic carbocycles. The zero-order valence-corrected chi connectivity index (χ0v) is 11.4. The number of aromatic carboxylic acids is 1. The third-order valence-electron chi connectivity index (χ3n) is 2.94. The summed E-state index contributed by atoms with van der Waals surface area (Å²) in [5.74, 6) is -1.22. The molecule has 0 saturated carbocycles. The Morgan fingerprint density at radius 3 is 2.29 bits per heavy atom. The molecule has 0 saturated heterocycles. The maximum absolute atomic E-state index is 11.2. The topological polar surface area (TPSA) is 83.8 Å². The second-order valence-electron chi connectivity index (χ2n) is 4.57. The van der Waals surface area contributed by atoms with Crippen LogP contribution in [0.4, 0.5) is 0 Å². The van der Waals surface area contributed by atoms with Crippen LogP contribution in [0.1, 0.15) is 21.5 Å². The molecule has 0 bridgehead atoms. The maximum atomic E-state index is 11.2. The van der Waals surface area contributed by atoms with Gasteiger partial charge in [0.2, 0.25) is 0 Å². The van der Waals surface area contributed by atoms with E-state index in [1.807, 2.05) is 0 Å². The van der Waals surface area contributed by atoms with Crippen molar-refractivity contribution in [2.24, 2.45) is 0 Å². The molecular formula is C16H14O5. The Bertz CT molecular complexity index is 674. The molecule has 21 heavy (non-hydrogen) atoms. The van der Waals surface area contributed by atoms with Crippen LogP contribution in [0.2, 0.25) is 0 Å². The number of aliphatic carboxylic acids is 1. The number of para-hydroxylation sites is 1. The number of ether oxygens (including phenoxy) is 1. The van der Waals surface area contributed by atoms with Crippen molar-refractivity contribution in [3.8, 4) is 11.5 Å². The Hall–Kier alpha value is -2.82. The highest BCUT2D eigenvalue weighted by atomic mass is 16.5. The monoisotopic (exact) mass is 286 g/mol. The average Bonchev–Trinajstić information content (AvgIpc) is 2.42. The van der Waals surface area contributed by atoms with Crippen LogP contribution in [0, 0.1) is 6.92 Å². The van der Waals surface area contributed by atoms with E-state index in [2.05, 4.69) is 0 Å². The Labute approximate surface area is 121 Å². The summed E-state index contributed by atoms with van der Waals surface area (Å²) in [6.07, 6.45) is -0.0645. The molecule has 5 heteroatoms. The van der Waals surface area contributed by atoms with Crippen LogP contribution in [-0.2, 0) is 11.2 Å². The van der Waals surface area contributed by atoms with Gasteiger partial charge in [0.25, 0.3) is 0 Å². The lowest BCUT2D eigenvalue weighted by Gasteiger charge is -2.11. The van der Waals surface area contributed by atoms with Gasteiger partial charge in [-0.05, 0) is 36.2 Å². The first-order chi connectivity index (χ1) is 9.97. The first kappa shape index (κ1) is 14.6. The summed E-state index contributed by atoms with van der Waals surface area (Å²) in [7, 11) is 0. The Morgan fingerprint density at radius 2 is 1.71 bits per heavy atom. The van der Waals surface area contributed by atoms with E-state index in [1.54, 1.807) is 43.3 Å². The number of aryl methyl sites for hydroxylation is 1. The highest BCUT2D eigenvalue weighted by Gasteiger charge is 2.14. The molecule has 0 radical (unpaired) electrons. The summed E-state index contributed by atoms with van der Waals surface area (Å²) in [6, 6.07) is 11.4. The van der Waals surface area contributed by atoms with Gasteiger partial charge in [-0.3, -0.25) is 4.79 Å². The van der Waals surface area contributed by atoms with Crippen molar-refractivity contribution >= 4 is 11.9 Å². The maximum Gasteiger partial charge on any atom is 0.339 e. The number of benzene rings is 2. The number of carbonyl (C=O) groups is 2. The summed E-state index contributed by atoms with van der Waals surface area (Å²) in [5, 5.41) is 17.9. The second-order valence-corrected chi connectivity index (χ2v) is 4.57. The van der Waals surface area contributed by atoms with Gasteiger partial charge in [-0.15, -0.1) is 0 Å². The zero-order valence-electron chi connectivity index (χ0n) is 11.4. The van der Waals surface area contributed by atoms with Crippen LogP contribution < -0.4 is 4.74 Å². The van der Waals surface area contributed by atoms with E-state index in [0.29, 0.717) is 16.9 Å². The van der Waals surface area contributed by atoms with Crippen LogP contribution in [0.25, 0.3) is 0 Å². The van der Waals surface area contributed by atoms with Gasteiger partial charge >= 0.3 is 11.9 Å². The molecule has 2 rings (SSSR count). The smallest absolute Gasteiger partial charge is 0.339 e. The third-order valence-corrected chi connectivity index (χ3v) is 2.94. The first-order valence-electron chi connectivity index (χ1n) is 6.29. The minimum Gasteiger partial charge on any atom is -0.481 e. The van der Waals surface area contributed by atoms with Crippen LogP contribution in [0.15, 0.2) is 42.5 Å². The van der Waals surface area contributed by atoms with Crippen molar-refractivity contribution < 1.29 is 24.5 Å². The molecule has 2 N–H and O–H groups in total. The minimum atomic E-state index is -1.06. The van der Waals surface area contributed by atoms with Crippen molar-refractivity contribution in [1.29, 1.82) is 0 Å². The summed E-state index contributed by atoms with van der Waals surface area (Å²) >= 11 is 0. The summed E-state index contributed by atoms with van der Waals surface area (Å²) < 4.78 is 5.63. The molecule has 0 spiro atoms. The van der Waals surface area contributed by atoms with Gasteiger partial charge in [0.1, 0.15) is 17.1 Å². The molecule has 0 unspecified atom stereocenters. The fourth-order valence-corrected chi connectivity index (χ4v) is 1.92. The molecule has 0 fully saturated rings. The molecule has 2 aromatic carbocycles.